The fraction of sp³-hybridized carbons (Fsp3) is 0.357. The first-order chi connectivity index (χ1) is 9.92. The van der Waals surface area contributed by atoms with E-state index in [1.807, 2.05) is 26.1 Å². The van der Waals surface area contributed by atoms with Crippen LogP contribution in [0.25, 0.3) is 0 Å². The maximum atomic E-state index is 6.27. The number of hydrogen-bond acceptors (Lipinski definition) is 3. The molecule has 0 spiro atoms. The van der Waals surface area contributed by atoms with Crippen molar-refractivity contribution in [3.05, 3.63) is 50.2 Å². The van der Waals surface area contributed by atoms with Crippen molar-refractivity contribution in [1.29, 1.82) is 0 Å². The summed E-state index contributed by atoms with van der Waals surface area (Å²) in [5, 5.41) is 6.08. The fourth-order valence-electron chi connectivity index (χ4n) is 2.28. The van der Waals surface area contributed by atoms with Gasteiger partial charge in [-0.2, -0.15) is 5.10 Å². The summed E-state index contributed by atoms with van der Waals surface area (Å²) < 4.78 is 1.79. The van der Waals surface area contributed by atoms with Crippen molar-refractivity contribution in [3.8, 4) is 0 Å². The Morgan fingerprint density at radius 3 is 2.48 bits per heavy atom. The van der Waals surface area contributed by atoms with Gasteiger partial charge in [0.15, 0.2) is 0 Å². The third-order valence-corrected chi connectivity index (χ3v) is 4.63. The van der Waals surface area contributed by atoms with E-state index in [9.17, 15) is 0 Å². The summed E-state index contributed by atoms with van der Waals surface area (Å²) in [4.78, 5) is 0. The minimum absolute atomic E-state index is 0.0227. The Labute approximate surface area is 139 Å². The number of nitrogens with zero attached hydrogens (tertiary/aromatic N) is 2. The Balaban J connectivity index is 2.14. The molecule has 2 rings (SSSR count). The lowest BCUT2D eigenvalue weighted by atomic mass is 10.0. The molecular weight excluding hydrogens is 331 g/mol. The molecule has 4 nitrogen and oxygen atoms in total. The van der Waals surface area contributed by atoms with E-state index in [4.69, 9.17) is 40.6 Å². The number of benzene rings is 1. The van der Waals surface area contributed by atoms with Gasteiger partial charge in [-0.15, -0.1) is 0 Å². The smallest absolute Gasteiger partial charge is 0.0847 e. The molecule has 2 aromatic rings. The van der Waals surface area contributed by atoms with Gasteiger partial charge in [-0.05, 0) is 31.0 Å². The number of nitrogens with one attached hydrogen (secondary N) is 1. The van der Waals surface area contributed by atoms with E-state index in [0.29, 0.717) is 27.9 Å². The second kappa shape index (κ2) is 6.99. The van der Waals surface area contributed by atoms with Crippen molar-refractivity contribution in [2.75, 3.05) is 0 Å². The van der Waals surface area contributed by atoms with Crippen LogP contribution in [0.1, 0.15) is 17.0 Å². The summed E-state index contributed by atoms with van der Waals surface area (Å²) in [5.74, 6) is 5.66. The van der Waals surface area contributed by atoms with Crippen molar-refractivity contribution in [3.63, 3.8) is 0 Å². The van der Waals surface area contributed by atoms with Crippen molar-refractivity contribution >= 4 is 34.8 Å². The largest absolute Gasteiger partial charge is 0.271 e. The summed E-state index contributed by atoms with van der Waals surface area (Å²) in [6.07, 6.45) is 1.39. The normalized spacial score (nSPS) is 12.7. The van der Waals surface area contributed by atoms with Gasteiger partial charge in [-0.3, -0.25) is 16.0 Å². The van der Waals surface area contributed by atoms with Crippen molar-refractivity contribution in [1.82, 2.24) is 15.2 Å². The number of nitrogens with two attached hydrogens (primary N) is 1. The van der Waals surface area contributed by atoms with Crippen LogP contribution in [0.4, 0.5) is 0 Å². The number of hydrogen-bond donors (Lipinski definition) is 2. The van der Waals surface area contributed by atoms with Crippen LogP contribution in [0.15, 0.2) is 18.2 Å². The van der Waals surface area contributed by atoms with Gasteiger partial charge in [-0.1, -0.05) is 40.9 Å². The molecule has 1 aromatic carbocycles. The topological polar surface area (TPSA) is 55.9 Å². The van der Waals surface area contributed by atoms with Crippen LogP contribution < -0.4 is 11.3 Å². The van der Waals surface area contributed by atoms with Crippen LogP contribution >= 0.6 is 34.8 Å². The molecule has 0 aliphatic carbocycles. The van der Waals surface area contributed by atoms with E-state index in [1.54, 1.807) is 10.7 Å². The molecule has 1 unspecified atom stereocenters. The highest BCUT2D eigenvalue weighted by molar-refractivity contribution is 6.42. The molecule has 0 saturated carbocycles. The lowest BCUT2D eigenvalue weighted by molar-refractivity contribution is 0.505. The van der Waals surface area contributed by atoms with Gasteiger partial charge in [0.25, 0.3) is 0 Å². The molecule has 0 aliphatic heterocycles. The Kier molecular flexibility index (Phi) is 5.52. The molecule has 114 valence electrons. The van der Waals surface area contributed by atoms with Gasteiger partial charge < -0.3 is 0 Å². The lowest BCUT2D eigenvalue weighted by Gasteiger charge is -2.16. The highest BCUT2D eigenvalue weighted by Gasteiger charge is 2.17. The summed E-state index contributed by atoms with van der Waals surface area (Å²) in [6, 6.07) is 5.60. The number of rotatable bonds is 5. The third kappa shape index (κ3) is 3.90. The molecule has 0 bridgehead atoms. The van der Waals surface area contributed by atoms with Gasteiger partial charge in [-0.25, -0.2) is 0 Å². The molecule has 0 fully saturated rings. The van der Waals surface area contributed by atoms with Crippen LogP contribution in [-0.2, 0) is 19.9 Å². The molecule has 7 heteroatoms. The average molecular weight is 348 g/mol. The second-order valence-corrected chi connectivity index (χ2v) is 6.18. The zero-order valence-corrected chi connectivity index (χ0v) is 14.1. The number of hydrazine groups is 1. The van der Waals surface area contributed by atoms with Crippen LogP contribution in [0.2, 0.25) is 15.1 Å². The lowest BCUT2D eigenvalue weighted by Crippen LogP contribution is -2.39. The van der Waals surface area contributed by atoms with Crippen LogP contribution in [0, 0.1) is 6.92 Å². The predicted molar refractivity (Wildman–Crippen MR) is 87.9 cm³/mol. The molecule has 1 aromatic heterocycles. The van der Waals surface area contributed by atoms with Gasteiger partial charge >= 0.3 is 0 Å². The number of halogens is 3. The molecule has 1 heterocycles. The minimum atomic E-state index is 0.0227. The standard InChI is InChI=1S/C14H17Cl3N4/c1-8-14(17)13(21(2)20-8)7-10(19-18)5-9-3-4-11(15)12(16)6-9/h3-4,6,10,19H,5,7,18H2,1-2H3. The summed E-state index contributed by atoms with van der Waals surface area (Å²) in [5.41, 5.74) is 5.65. The Bertz CT molecular complexity index is 639. The van der Waals surface area contributed by atoms with E-state index in [-0.39, 0.29) is 6.04 Å². The third-order valence-electron chi connectivity index (χ3n) is 3.40. The van der Waals surface area contributed by atoms with Crippen molar-refractivity contribution in [2.24, 2.45) is 12.9 Å². The van der Waals surface area contributed by atoms with Crippen molar-refractivity contribution in [2.45, 2.75) is 25.8 Å². The maximum Gasteiger partial charge on any atom is 0.0847 e. The highest BCUT2D eigenvalue weighted by Crippen LogP contribution is 2.25. The molecule has 0 amide bonds. The van der Waals surface area contributed by atoms with Crippen LogP contribution in [0.3, 0.4) is 0 Å². The van der Waals surface area contributed by atoms with E-state index < -0.39 is 0 Å². The molecule has 0 saturated heterocycles. The van der Waals surface area contributed by atoms with E-state index in [1.165, 1.54) is 0 Å². The first-order valence-electron chi connectivity index (χ1n) is 6.50. The van der Waals surface area contributed by atoms with Gasteiger partial charge in [0.1, 0.15) is 0 Å². The quantitative estimate of drug-likeness (QED) is 0.644. The summed E-state index contributed by atoms with van der Waals surface area (Å²) in [6.45, 7) is 1.88. The molecule has 21 heavy (non-hydrogen) atoms. The first kappa shape index (κ1) is 16.6. The van der Waals surface area contributed by atoms with Crippen LogP contribution in [0.5, 0.6) is 0 Å². The number of aromatic nitrogens is 2. The zero-order valence-electron chi connectivity index (χ0n) is 11.8. The maximum absolute atomic E-state index is 6.27. The highest BCUT2D eigenvalue weighted by atomic mass is 35.5. The Morgan fingerprint density at radius 2 is 1.95 bits per heavy atom. The number of aryl methyl sites for hydroxylation is 2. The van der Waals surface area contributed by atoms with Gasteiger partial charge in [0, 0.05) is 19.5 Å². The molecule has 0 aliphatic rings. The SMILES string of the molecule is Cc1nn(C)c(CC(Cc2ccc(Cl)c(Cl)c2)NN)c1Cl. The molecule has 3 N–H and O–H groups in total. The first-order valence-corrected chi connectivity index (χ1v) is 7.63. The van der Waals surface area contributed by atoms with Crippen molar-refractivity contribution < 1.29 is 0 Å². The summed E-state index contributed by atoms with van der Waals surface area (Å²) in [7, 11) is 1.88. The van der Waals surface area contributed by atoms with Crippen LogP contribution in [-0.4, -0.2) is 15.8 Å². The second-order valence-electron chi connectivity index (χ2n) is 4.99. The monoisotopic (exact) mass is 346 g/mol. The zero-order chi connectivity index (χ0) is 15.6. The molecular formula is C14H17Cl3N4. The molecule has 1 atom stereocenters. The van der Waals surface area contributed by atoms with E-state index in [2.05, 4.69) is 10.5 Å². The Hall–Kier alpha value is -0.780. The Morgan fingerprint density at radius 1 is 1.24 bits per heavy atom. The van der Waals surface area contributed by atoms with Gasteiger partial charge in [0.05, 0.1) is 26.5 Å². The van der Waals surface area contributed by atoms with E-state index in [0.717, 1.165) is 17.0 Å². The molecule has 0 radical (unpaired) electrons. The summed E-state index contributed by atoms with van der Waals surface area (Å²) >= 11 is 18.2. The average Bonchev–Trinajstić information content (AvgIpc) is 2.68. The minimum Gasteiger partial charge on any atom is -0.271 e. The van der Waals surface area contributed by atoms with Gasteiger partial charge in [0.2, 0.25) is 0 Å². The van der Waals surface area contributed by atoms with E-state index >= 15 is 0 Å². The fourth-order valence-corrected chi connectivity index (χ4v) is 2.83. The predicted octanol–water partition coefficient (Wildman–Crippen LogP) is 3.31.